The maximum Gasteiger partial charge on any atom is 0.0322 e. The largest absolute Gasteiger partial charge is 0.305 e. The van der Waals surface area contributed by atoms with Crippen LogP contribution in [0.3, 0.4) is 0 Å². The van der Waals surface area contributed by atoms with E-state index in [4.69, 9.17) is 4.98 Å². The number of aromatic nitrogens is 2. The van der Waals surface area contributed by atoms with Crippen LogP contribution in [0.1, 0.15) is 89.4 Å². The van der Waals surface area contributed by atoms with Crippen LogP contribution < -0.4 is 0 Å². The van der Waals surface area contributed by atoms with Crippen LogP contribution in [0.2, 0.25) is 0 Å². The summed E-state index contributed by atoms with van der Waals surface area (Å²) in [6, 6.07) is 52.2. The Labute approximate surface area is 357 Å². The topological polar surface area (TPSA) is 25.8 Å². The van der Waals surface area contributed by atoms with Crippen LogP contribution in [0.15, 0.2) is 140 Å². The van der Waals surface area contributed by atoms with Crippen molar-refractivity contribution < 1.29 is 22.8 Å². The molecule has 0 aliphatic heterocycles. The van der Waals surface area contributed by atoms with Crippen molar-refractivity contribution in [3.8, 4) is 55.9 Å². The minimum atomic E-state index is -1.59. The molecule has 2 aromatic heterocycles. The number of aryl methyl sites for hydroxylation is 3. The van der Waals surface area contributed by atoms with Crippen molar-refractivity contribution in [1.82, 2.24) is 9.97 Å². The molecule has 5 aromatic carbocycles. The summed E-state index contributed by atoms with van der Waals surface area (Å²) in [5.41, 5.74) is 15.4. The molecule has 1 saturated carbocycles. The molecular formula is C54H52IrN2-2. The summed E-state index contributed by atoms with van der Waals surface area (Å²) >= 11 is 0. The van der Waals surface area contributed by atoms with Crippen molar-refractivity contribution in [2.45, 2.75) is 84.9 Å². The summed E-state index contributed by atoms with van der Waals surface area (Å²) in [6.07, 6.45) is 10.3. The molecule has 3 heteroatoms. The van der Waals surface area contributed by atoms with Gasteiger partial charge < -0.3 is 9.97 Å². The molecule has 1 aliphatic rings. The van der Waals surface area contributed by atoms with Gasteiger partial charge in [-0.1, -0.05) is 148 Å². The normalized spacial score (nSPS) is 14.0. The molecular weight excluding hydrogens is 869 g/mol. The van der Waals surface area contributed by atoms with Crippen molar-refractivity contribution in [1.29, 1.82) is 0 Å². The minimum Gasteiger partial charge on any atom is -0.305 e. The maximum atomic E-state index is 9.24. The second-order valence-electron chi connectivity index (χ2n) is 16.5. The van der Waals surface area contributed by atoms with E-state index >= 15 is 0 Å². The van der Waals surface area contributed by atoms with Gasteiger partial charge in [0.2, 0.25) is 0 Å². The van der Waals surface area contributed by atoms with Gasteiger partial charge >= 0.3 is 0 Å². The standard InChI is InChI=1S/C54H52N2.Ir/c1-38-32-40(18-17-39-19-21-45(22-20-39)52-16-10-11-31-55-52)34-47(33-38)50-15-9-8-14-49(50)43-27-29-46(30-28-43)53-35-51(48(37-56-53)36-54(2,3)4)44-25-23-42(24-26-44)41-12-6-5-7-13-41;/h8-11,14-16,19-21,23-29,31-35,37,41H,5-7,12-13,17-18,36H2,1-4H3;/q-2;/i36D2;. The Balaban J connectivity index is 0.00000528. The molecule has 0 spiro atoms. The van der Waals surface area contributed by atoms with Gasteiger partial charge in [0.15, 0.2) is 0 Å². The van der Waals surface area contributed by atoms with E-state index in [9.17, 15) is 2.74 Å². The SMILES string of the molecule is [2H]C([2H])(c1cnc(-c2[c-]cc(-c3ccccc3-c3cc(C)cc(CCc4c[c-]c(-c5ccccn5)cc4)c3)cc2)cc1-c1ccc(C2CCCCC2)cc1)C(C)(C)C.[Ir]. The van der Waals surface area contributed by atoms with Gasteiger partial charge in [-0.05, 0) is 100 Å². The summed E-state index contributed by atoms with van der Waals surface area (Å²) < 4.78 is 18.5. The summed E-state index contributed by atoms with van der Waals surface area (Å²) in [7, 11) is 0. The molecule has 57 heavy (non-hydrogen) atoms. The van der Waals surface area contributed by atoms with Gasteiger partial charge in [0.05, 0.1) is 0 Å². The second kappa shape index (κ2) is 18.1. The van der Waals surface area contributed by atoms with Crippen LogP contribution in [-0.4, -0.2) is 9.97 Å². The third-order valence-corrected chi connectivity index (χ3v) is 11.0. The molecule has 1 aliphatic carbocycles. The minimum absolute atomic E-state index is 0. The maximum absolute atomic E-state index is 9.24. The van der Waals surface area contributed by atoms with Gasteiger partial charge in [0.1, 0.15) is 0 Å². The molecule has 1 fully saturated rings. The average molecular weight is 923 g/mol. The predicted octanol–water partition coefficient (Wildman–Crippen LogP) is 14.1. The van der Waals surface area contributed by atoms with Crippen molar-refractivity contribution in [2.24, 2.45) is 5.41 Å². The molecule has 7 aromatic rings. The van der Waals surface area contributed by atoms with Crippen molar-refractivity contribution in [3.05, 3.63) is 180 Å². The fourth-order valence-corrected chi connectivity index (χ4v) is 8.20. The summed E-state index contributed by atoms with van der Waals surface area (Å²) in [4.78, 5) is 9.34. The molecule has 0 atom stereocenters. The molecule has 0 bridgehead atoms. The van der Waals surface area contributed by atoms with E-state index in [1.165, 1.54) is 65.5 Å². The van der Waals surface area contributed by atoms with Gasteiger partial charge in [0, 0.05) is 35.2 Å². The number of pyridine rings is 2. The predicted molar refractivity (Wildman–Crippen MR) is 234 cm³/mol. The number of hydrogen-bond donors (Lipinski definition) is 0. The van der Waals surface area contributed by atoms with E-state index in [1.807, 2.05) is 45.2 Å². The van der Waals surface area contributed by atoms with E-state index < -0.39 is 11.8 Å². The van der Waals surface area contributed by atoms with E-state index in [2.05, 4.69) is 133 Å². The van der Waals surface area contributed by atoms with Gasteiger partial charge in [-0.25, -0.2) is 0 Å². The molecule has 8 rings (SSSR count). The number of benzene rings is 5. The van der Waals surface area contributed by atoms with Crippen LogP contribution in [0, 0.1) is 24.5 Å². The van der Waals surface area contributed by atoms with Crippen LogP contribution >= 0.6 is 0 Å². The molecule has 289 valence electrons. The Morgan fingerprint density at radius 3 is 2.00 bits per heavy atom. The third kappa shape index (κ3) is 9.96. The second-order valence-corrected chi connectivity index (χ2v) is 16.5. The van der Waals surface area contributed by atoms with Gasteiger partial charge in [-0.2, -0.15) is 0 Å². The van der Waals surface area contributed by atoms with E-state index in [0.717, 1.165) is 57.6 Å². The number of rotatable bonds is 10. The van der Waals surface area contributed by atoms with Gasteiger partial charge in [0.25, 0.3) is 0 Å². The summed E-state index contributed by atoms with van der Waals surface area (Å²) in [5.74, 6) is 0.619. The number of nitrogens with zero attached hydrogens (tertiary/aromatic N) is 2. The van der Waals surface area contributed by atoms with E-state index in [1.54, 1.807) is 6.20 Å². The zero-order valence-corrected chi connectivity index (χ0v) is 35.9. The Morgan fingerprint density at radius 1 is 0.632 bits per heavy atom. The van der Waals surface area contributed by atoms with Crippen molar-refractivity contribution in [3.63, 3.8) is 0 Å². The smallest absolute Gasteiger partial charge is 0.0322 e. The van der Waals surface area contributed by atoms with Crippen LogP contribution in [0.5, 0.6) is 0 Å². The third-order valence-electron chi connectivity index (χ3n) is 11.0. The zero-order chi connectivity index (χ0) is 40.3. The quantitative estimate of drug-likeness (QED) is 0.128. The summed E-state index contributed by atoms with van der Waals surface area (Å²) in [6.45, 7) is 8.06. The molecule has 0 N–H and O–H groups in total. The Kier molecular flexibility index (Phi) is 11.9. The van der Waals surface area contributed by atoms with Crippen LogP contribution in [0.4, 0.5) is 0 Å². The van der Waals surface area contributed by atoms with Gasteiger partial charge in [-0.15, -0.1) is 65.2 Å². The molecule has 0 unspecified atom stereocenters. The van der Waals surface area contributed by atoms with E-state index in [-0.39, 0.29) is 20.1 Å². The first-order valence-corrected chi connectivity index (χ1v) is 20.3. The Hall–Kier alpha value is -4.95. The van der Waals surface area contributed by atoms with Crippen molar-refractivity contribution >= 4 is 0 Å². The van der Waals surface area contributed by atoms with Gasteiger partial charge in [-0.3, -0.25) is 0 Å². The first-order valence-electron chi connectivity index (χ1n) is 21.3. The fraction of sp³-hybridized carbons (Fsp3) is 0.259. The molecule has 0 amide bonds. The number of hydrogen-bond acceptors (Lipinski definition) is 2. The first kappa shape index (κ1) is 37.6. The van der Waals surface area contributed by atoms with Crippen LogP contribution in [0.25, 0.3) is 55.9 Å². The molecule has 0 saturated heterocycles. The first-order chi connectivity index (χ1) is 28.0. The molecule has 2 nitrogen and oxygen atoms in total. The molecule has 2 heterocycles. The monoisotopic (exact) mass is 923 g/mol. The van der Waals surface area contributed by atoms with Crippen LogP contribution in [-0.2, 0) is 39.3 Å². The molecule has 1 radical (unpaired) electrons. The average Bonchev–Trinajstić information content (AvgIpc) is 3.26. The Bertz CT molecular complexity index is 2480. The van der Waals surface area contributed by atoms with Crippen molar-refractivity contribution in [2.75, 3.05) is 0 Å². The summed E-state index contributed by atoms with van der Waals surface area (Å²) in [5, 5.41) is 0. The van der Waals surface area contributed by atoms with E-state index in [0.29, 0.717) is 11.5 Å². The Morgan fingerprint density at radius 2 is 1.32 bits per heavy atom. The zero-order valence-electron chi connectivity index (χ0n) is 35.5. The fourth-order valence-electron chi connectivity index (χ4n) is 8.20.